The van der Waals surface area contributed by atoms with Gasteiger partial charge in [0.05, 0.1) is 12.7 Å². The van der Waals surface area contributed by atoms with Crippen LogP contribution in [-0.4, -0.2) is 40.9 Å². The van der Waals surface area contributed by atoms with Crippen LogP contribution >= 0.6 is 0 Å². The van der Waals surface area contributed by atoms with Crippen molar-refractivity contribution >= 4 is 21.9 Å². The fraction of sp³-hybridized carbons (Fsp3) is 0.400. The van der Waals surface area contributed by atoms with E-state index in [1.54, 1.807) is 0 Å². The van der Waals surface area contributed by atoms with E-state index in [-0.39, 0.29) is 12.5 Å². The molecule has 2 heterocycles. The molecule has 0 spiro atoms. The normalized spacial score (nSPS) is 18.4. The summed E-state index contributed by atoms with van der Waals surface area (Å²) < 4.78 is 6.10. The number of benzene rings is 2. The Bertz CT molecular complexity index is 833. The van der Waals surface area contributed by atoms with E-state index in [4.69, 9.17) is 9.52 Å². The molecule has 1 unspecified atom stereocenters. The minimum Gasteiger partial charge on any atom is -0.456 e. The summed E-state index contributed by atoms with van der Waals surface area (Å²) in [6.07, 6.45) is 1.28. The van der Waals surface area contributed by atoms with Crippen LogP contribution in [0, 0.1) is 5.92 Å². The van der Waals surface area contributed by atoms with Gasteiger partial charge >= 0.3 is 0 Å². The fourth-order valence-corrected chi connectivity index (χ4v) is 3.82. The number of rotatable bonds is 4. The molecule has 3 aromatic rings. The van der Waals surface area contributed by atoms with E-state index in [1.165, 1.54) is 16.3 Å². The Morgan fingerprint density at radius 1 is 1.04 bits per heavy atom. The summed E-state index contributed by atoms with van der Waals surface area (Å²) in [5, 5.41) is 21.2. The molecule has 4 rings (SSSR count). The summed E-state index contributed by atoms with van der Waals surface area (Å²) in [7, 11) is 0. The van der Waals surface area contributed by atoms with Gasteiger partial charge in [0.2, 0.25) is 0 Å². The van der Waals surface area contributed by atoms with Crippen LogP contribution in [0.4, 0.5) is 0 Å². The van der Waals surface area contributed by atoms with Crippen molar-refractivity contribution < 1.29 is 14.6 Å². The van der Waals surface area contributed by atoms with Gasteiger partial charge in [-0.25, -0.2) is 0 Å². The van der Waals surface area contributed by atoms with Crippen LogP contribution in [0.1, 0.15) is 18.4 Å². The van der Waals surface area contributed by atoms with Gasteiger partial charge in [0.15, 0.2) is 0 Å². The van der Waals surface area contributed by atoms with Gasteiger partial charge in [-0.15, -0.1) is 0 Å². The molecule has 1 aliphatic rings. The monoisotopic (exact) mass is 325 g/mol. The van der Waals surface area contributed by atoms with Gasteiger partial charge in [-0.2, -0.15) is 0 Å². The molecule has 4 heteroatoms. The molecule has 1 saturated heterocycles. The summed E-state index contributed by atoms with van der Waals surface area (Å²) >= 11 is 0. The Hall–Kier alpha value is -1.88. The molecule has 2 aromatic carbocycles. The minimum atomic E-state index is -0.578. The maximum Gasteiger partial charge on any atom is 0.139 e. The molecule has 0 saturated carbocycles. The van der Waals surface area contributed by atoms with Crippen LogP contribution in [0.3, 0.4) is 0 Å². The molecule has 1 fully saturated rings. The van der Waals surface area contributed by atoms with E-state index in [2.05, 4.69) is 29.2 Å². The van der Waals surface area contributed by atoms with Crippen molar-refractivity contribution in [3.8, 4) is 0 Å². The highest BCUT2D eigenvalue weighted by Gasteiger charge is 2.25. The van der Waals surface area contributed by atoms with Gasteiger partial charge in [0.1, 0.15) is 11.2 Å². The van der Waals surface area contributed by atoms with E-state index in [0.29, 0.717) is 0 Å². The van der Waals surface area contributed by atoms with E-state index in [9.17, 15) is 5.11 Å². The number of nitrogens with zero attached hydrogens (tertiary/aromatic N) is 1. The van der Waals surface area contributed by atoms with Gasteiger partial charge in [0.25, 0.3) is 0 Å². The number of likely N-dealkylation sites (tertiary alicyclic amines) is 1. The highest BCUT2D eigenvalue weighted by atomic mass is 16.3. The van der Waals surface area contributed by atoms with Crippen molar-refractivity contribution in [3.63, 3.8) is 0 Å². The summed E-state index contributed by atoms with van der Waals surface area (Å²) in [5.41, 5.74) is 3.13. The number of hydrogen-bond donors (Lipinski definition) is 2. The molecule has 0 radical (unpaired) electrons. The molecule has 1 aromatic heterocycles. The number of furan rings is 1. The molecule has 2 N–H and O–H groups in total. The molecule has 0 aliphatic carbocycles. The molecular weight excluding hydrogens is 302 g/mol. The zero-order valence-electron chi connectivity index (χ0n) is 13.7. The number of aliphatic hydroxyl groups is 2. The second-order valence-electron chi connectivity index (χ2n) is 6.76. The Morgan fingerprint density at radius 2 is 1.79 bits per heavy atom. The van der Waals surface area contributed by atoms with E-state index < -0.39 is 6.10 Å². The Labute approximate surface area is 141 Å². The average Bonchev–Trinajstić information content (AvgIpc) is 3.02. The van der Waals surface area contributed by atoms with Crippen LogP contribution in [0.15, 0.2) is 46.9 Å². The lowest BCUT2D eigenvalue weighted by Gasteiger charge is -2.33. The minimum absolute atomic E-state index is 0.136. The molecule has 24 heavy (non-hydrogen) atoms. The molecule has 0 bridgehead atoms. The predicted octanol–water partition coefficient (Wildman–Crippen LogP) is 3.15. The largest absolute Gasteiger partial charge is 0.456 e. The lowest BCUT2D eigenvalue weighted by atomic mass is 9.91. The molecule has 4 nitrogen and oxygen atoms in total. The third-order valence-corrected chi connectivity index (χ3v) is 5.24. The Balaban J connectivity index is 1.55. The lowest BCUT2D eigenvalue weighted by Crippen LogP contribution is -2.38. The van der Waals surface area contributed by atoms with Crippen molar-refractivity contribution in [3.05, 3.63) is 48.0 Å². The number of hydrogen-bond acceptors (Lipinski definition) is 4. The standard InChI is InChI=1S/C20H23NO3/c22-13-18(23)14-8-10-21(11-9-14)12-15-4-3-6-17-16-5-1-2-7-19(16)24-20(15)17/h1-7,14,18,22-23H,8-13H2. The van der Waals surface area contributed by atoms with E-state index >= 15 is 0 Å². The second kappa shape index (κ2) is 6.55. The Morgan fingerprint density at radius 3 is 2.58 bits per heavy atom. The fourth-order valence-electron chi connectivity index (χ4n) is 3.82. The molecule has 126 valence electrons. The second-order valence-corrected chi connectivity index (χ2v) is 6.76. The summed E-state index contributed by atoms with van der Waals surface area (Å²) in [4.78, 5) is 2.41. The quantitative estimate of drug-likeness (QED) is 0.774. The van der Waals surface area contributed by atoms with E-state index in [1.807, 2.05) is 18.2 Å². The van der Waals surface area contributed by atoms with Crippen LogP contribution in [0.2, 0.25) is 0 Å². The molecule has 1 atom stereocenters. The summed E-state index contributed by atoms with van der Waals surface area (Å²) in [6.45, 7) is 2.61. The number of para-hydroxylation sites is 2. The van der Waals surface area contributed by atoms with Crippen LogP contribution in [-0.2, 0) is 6.54 Å². The van der Waals surface area contributed by atoms with Crippen LogP contribution < -0.4 is 0 Å². The highest BCUT2D eigenvalue weighted by molar-refractivity contribution is 6.05. The molecule has 0 amide bonds. The first-order valence-corrected chi connectivity index (χ1v) is 8.66. The smallest absolute Gasteiger partial charge is 0.139 e. The highest BCUT2D eigenvalue weighted by Crippen LogP contribution is 2.32. The number of fused-ring (bicyclic) bond motifs is 3. The summed E-state index contributed by atoms with van der Waals surface area (Å²) in [5.74, 6) is 0.216. The van der Waals surface area contributed by atoms with Gasteiger partial charge in [0, 0.05) is 22.9 Å². The molecular formula is C20H23NO3. The number of aliphatic hydroxyl groups excluding tert-OH is 2. The third-order valence-electron chi connectivity index (χ3n) is 5.24. The van der Waals surface area contributed by atoms with Crippen LogP contribution in [0.5, 0.6) is 0 Å². The first-order valence-electron chi connectivity index (χ1n) is 8.66. The Kier molecular flexibility index (Phi) is 4.27. The zero-order chi connectivity index (χ0) is 16.5. The van der Waals surface area contributed by atoms with Crippen molar-refractivity contribution in [2.45, 2.75) is 25.5 Å². The van der Waals surface area contributed by atoms with Gasteiger partial charge < -0.3 is 14.6 Å². The van der Waals surface area contributed by atoms with E-state index in [0.717, 1.165) is 43.6 Å². The van der Waals surface area contributed by atoms with Crippen molar-refractivity contribution in [2.24, 2.45) is 5.92 Å². The van der Waals surface area contributed by atoms with Gasteiger partial charge in [-0.3, -0.25) is 4.90 Å². The summed E-state index contributed by atoms with van der Waals surface area (Å²) in [6, 6.07) is 14.5. The average molecular weight is 325 g/mol. The maximum absolute atomic E-state index is 9.80. The predicted molar refractivity (Wildman–Crippen MR) is 94.8 cm³/mol. The number of piperidine rings is 1. The zero-order valence-corrected chi connectivity index (χ0v) is 13.7. The maximum atomic E-state index is 9.80. The van der Waals surface area contributed by atoms with Gasteiger partial charge in [-0.1, -0.05) is 36.4 Å². The van der Waals surface area contributed by atoms with Crippen molar-refractivity contribution in [2.75, 3.05) is 19.7 Å². The third kappa shape index (κ3) is 2.81. The van der Waals surface area contributed by atoms with Crippen LogP contribution in [0.25, 0.3) is 21.9 Å². The SMILES string of the molecule is OCC(O)C1CCN(Cc2cccc3c2oc2ccccc23)CC1. The first kappa shape index (κ1) is 15.6. The van der Waals surface area contributed by atoms with Crippen molar-refractivity contribution in [1.29, 1.82) is 0 Å². The van der Waals surface area contributed by atoms with Gasteiger partial charge in [-0.05, 0) is 37.9 Å². The molecule has 1 aliphatic heterocycles. The van der Waals surface area contributed by atoms with Crippen molar-refractivity contribution in [1.82, 2.24) is 4.90 Å². The first-order chi connectivity index (χ1) is 11.8. The lowest BCUT2D eigenvalue weighted by molar-refractivity contribution is 0.0172. The topological polar surface area (TPSA) is 56.8 Å².